The number of aromatic amines is 1. The molecule has 1 aliphatic rings. The van der Waals surface area contributed by atoms with E-state index in [1.165, 1.54) is 18.3 Å². The van der Waals surface area contributed by atoms with E-state index in [4.69, 9.17) is 4.74 Å². The average Bonchev–Trinajstić information content (AvgIpc) is 3.18. The molecule has 3 N–H and O–H groups in total. The minimum atomic E-state index is -0.346. The zero-order valence-corrected chi connectivity index (χ0v) is 18.4. The number of nitrogens with zero attached hydrogens (tertiary/aromatic N) is 3. The van der Waals surface area contributed by atoms with Crippen LogP contribution >= 0.6 is 0 Å². The van der Waals surface area contributed by atoms with Gasteiger partial charge < -0.3 is 20.4 Å². The molecule has 0 fully saturated rings. The van der Waals surface area contributed by atoms with Gasteiger partial charge in [-0.2, -0.15) is 9.97 Å². The van der Waals surface area contributed by atoms with Crippen LogP contribution in [-0.4, -0.2) is 39.3 Å². The SMILES string of the molecule is CNc1cc(F)cc2c1[nH]c1nc3nc(c12)NCCCCCCCC(=O)c1cncc(c1)O3. The highest BCUT2D eigenvalue weighted by Gasteiger charge is 2.18. The number of anilines is 2. The average molecular weight is 449 g/mol. The fourth-order valence-electron chi connectivity index (χ4n) is 4.24. The van der Waals surface area contributed by atoms with Crippen molar-refractivity contribution in [3.63, 3.8) is 0 Å². The molecular weight excluding hydrogens is 423 g/mol. The number of ether oxygens (including phenoxy) is 1. The summed E-state index contributed by atoms with van der Waals surface area (Å²) in [5, 5.41) is 7.81. The number of H-pyrrole nitrogens is 1. The Kier molecular flexibility index (Phi) is 5.77. The van der Waals surface area contributed by atoms with Crippen molar-refractivity contribution in [2.24, 2.45) is 0 Å². The highest BCUT2D eigenvalue weighted by atomic mass is 19.1. The Balaban J connectivity index is 1.63. The largest absolute Gasteiger partial charge is 0.423 e. The van der Waals surface area contributed by atoms with Crippen LogP contribution in [0.5, 0.6) is 11.8 Å². The third kappa shape index (κ3) is 4.30. The van der Waals surface area contributed by atoms with Crippen LogP contribution in [0, 0.1) is 5.82 Å². The second kappa shape index (κ2) is 9.01. The standard InChI is InChI=1S/C24H25FN6O2/c1-26-18-11-15(25)10-17-20-22-28-8-6-4-2-3-5-7-19(32)14-9-16(13-27-12-14)33-24(30-22)31-23(20)29-21(17)18/h9-13,26H,2-8H2,1H3,(H2,28,29,30,31). The molecule has 0 amide bonds. The summed E-state index contributed by atoms with van der Waals surface area (Å²) in [4.78, 5) is 29.1. The summed E-state index contributed by atoms with van der Waals surface area (Å²) in [5.41, 5.74) is 2.41. The number of Topliss-reactive ketones (excluding diaryl/α,β-unsaturated/α-hetero) is 1. The number of carbonyl (C=O) groups is 1. The number of nitrogens with one attached hydrogen (secondary N) is 3. The maximum atomic E-state index is 14.3. The molecule has 4 bridgehead atoms. The van der Waals surface area contributed by atoms with Crippen LogP contribution in [0.3, 0.4) is 0 Å². The van der Waals surface area contributed by atoms with E-state index in [9.17, 15) is 9.18 Å². The number of halogens is 1. The lowest BCUT2D eigenvalue weighted by Crippen LogP contribution is -2.06. The third-order valence-electron chi connectivity index (χ3n) is 5.89. The van der Waals surface area contributed by atoms with Crippen LogP contribution in [-0.2, 0) is 0 Å². The van der Waals surface area contributed by atoms with Crippen LogP contribution in [0.1, 0.15) is 48.9 Å². The Morgan fingerprint density at radius 1 is 1.06 bits per heavy atom. The molecule has 4 aromatic rings. The zero-order valence-electron chi connectivity index (χ0n) is 18.4. The predicted octanol–water partition coefficient (Wildman–Crippen LogP) is 5.43. The number of aromatic nitrogens is 4. The number of pyridine rings is 1. The molecule has 0 saturated heterocycles. The van der Waals surface area contributed by atoms with Crippen molar-refractivity contribution >= 4 is 39.2 Å². The van der Waals surface area contributed by atoms with Crippen molar-refractivity contribution < 1.29 is 13.9 Å². The van der Waals surface area contributed by atoms with E-state index in [1.54, 1.807) is 19.3 Å². The lowest BCUT2D eigenvalue weighted by Gasteiger charge is -2.11. The molecule has 33 heavy (non-hydrogen) atoms. The first-order chi connectivity index (χ1) is 16.1. The Bertz CT molecular complexity index is 1340. The topological polar surface area (TPSA) is 105 Å². The predicted molar refractivity (Wildman–Crippen MR) is 126 cm³/mol. The van der Waals surface area contributed by atoms with Crippen LogP contribution in [0.15, 0.2) is 30.6 Å². The molecule has 0 aliphatic carbocycles. The number of fused-ring (bicyclic) bond motifs is 8. The van der Waals surface area contributed by atoms with E-state index < -0.39 is 0 Å². The fraction of sp³-hybridized carbons (Fsp3) is 0.333. The summed E-state index contributed by atoms with van der Waals surface area (Å²) in [6.45, 7) is 0.711. The molecule has 8 nitrogen and oxygen atoms in total. The summed E-state index contributed by atoms with van der Waals surface area (Å²) < 4.78 is 20.2. The van der Waals surface area contributed by atoms with E-state index in [0.29, 0.717) is 52.2 Å². The van der Waals surface area contributed by atoms with Crippen molar-refractivity contribution in [2.45, 2.75) is 38.5 Å². The third-order valence-corrected chi connectivity index (χ3v) is 5.89. The van der Waals surface area contributed by atoms with E-state index >= 15 is 0 Å². The van der Waals surface area contributed by atoms with Gasteiger partial charge >= 0.3 is 6.01 Å². The number of hydrogen-bond acceptors (Lipinski definition) is 7. The Labute approximate surface area is 190 Å². The van der Waals surface area contributed by atoms with Gasteiger partial charge in [-0.1, -0.05) is 19.3 Å². The number of ketones is 1. The molecule has 0 saturated carbocycles. The van der Waals surface area contributed by atoms with Crippen molar-refractivity contribution in [2.75, 3.05) is 24.2 Å². The van der Waals surface area contributed by atoms with Gasteiger partial charge in [0.25, 0.3) is 0 Å². The van der Waals surface area contributed by atoms with E-state index in [0.717, 1.165) is 37.6 Å². The summed E-state index contributed by atoms with van der Waals surface area (Å²) in [6, 6.07) is 4.70. The molecule has 0 unspecified atom stereocenters. The monoisotopic (exact) mass is 448 g/mol. The number of rotatable bonds is 1. The first kappa shape index (κ1) is 21.1. The van der Waals surface area contributed by atoms with Gasteiger partial charge in [0.1, 0.15) is 23.0 Å². The molecule has 170 valence electrons. The van der Waals surface area contributed by atoms with Crippen LogP contribution in [0.25, 0.3) is 21.9 Å². The van der Waals surface area contributed by atoms with Crippen LogP contribution < -0.4 is 15.4 Å². The lowest BCUT2D eigenvalue weighted by molar-refractivity contribution is 0.0978. The van der Waals surface area contributed by atoms with Gasteiger partial charge in [0.15, 0.2) is 5.78 Å². The molecule has 0 atom stereocenters. The lowest BCUT2D eigenvalue weighted by atomic mass is 10.0. The van der Waals surface area contributed by atoms with Crippen molar-refractivity contribution in [1.82, 2.24) is 19.9 Å². The smallest absolute Gasteiger partial charge is 0.326 e. The molecule has 4 heterocycles. The Hall–Kier alpha value is -3.75. The number of benzene rings is 1. The van der Waals surface area contributed by atoms with Gasteiger partial charge in [0, 0.05) is 37.2 Å². The van der Waals surface area contributed by atoms with Crippen LogP contribution in [0.2, 0.25) is 0 Å². The maximum absolute atomic E-state index is 14.3. The quantitative estimate of drug-likeness (QED) is 0.357. The highest BCUT2D eigenvalue weighted by molar-refractivity contribution is 6.14. The van der Waals surface area contributed by atoms with Gasteiger partial charge in [-0.25, -0.2) is 4.39 Å². The van der Waals surface area contributed by atoms with E-state index in [-0.39, 0.29) is 17.6 Å². The summed E-state index contributed by atoms with van der Waals surface area (Å²) in [5.74, 6) is 0.662. The second-order valence-corrected chi connectivity index (χ2v) is 8.21. The van der Waals surface area contributed by atoms with Gasteiger partial charge in [-0.05, 0) is 31.0 Å². The normalized spacial score (nSPS) is 15.3. The molecule has 1 aliphatic heterocycles. The minimum absolute atomic E-state index is 0.0519. The molecule has 0 radical (unpaired) electrons. The molecule has 0 spiro atoms. The zero-order chi connectivity index (χ0) is 22.8. The number of carbonyl (C=O) groups excluding carboxylic acids is 1. The van der Waals surface area contributed by atoms with E-state index in [1.807, 2.05) is 0 Å². The highest BCUT2D eigenvalue weighted by Crippen LogP contribution is 2.36. The van der Waals surface area contributed by atoms with Crippen LogP contribution in [0.4, 0.5) is 15.9 Å². The summed E-state index contributed by atoms with van der Waals surface area (Å²) >= 11 is 0. The van der Waals surface area contributed by atoms with Crippen molar-refractivity contribution in [1.29, 1.82) is 0 Å². The molecule has 1 aromatic carbocycles. The first-order valence-corrected chi connectivity index (χ1v) is 11.2. The minimum Gasteiger partial charge on any atom is -0.423 e. The molecule has 3 aromatic heterocycles. The maximum Gasteiger partial charge on any atom is 0.326 e. The Morgan fingerprint density at radius 2 is 1.91 bits per heavy atom. The van der Waals surface area contributed by atoms with E-state index in [2.05, 4.69) is 30.6 Å². The molecule has 9 heteroatoms. The number of hydrogen-bond donors (Lipinski definition) is 3. The second-order valence-electron chi connectivity index (χ2n) is 8.21. The van der Waals surface area contributed by atoms with Gasteiger partial charge in [0.05, 0.1) is 22.8 Å². The fourth-order valence-corrected chi connectivity index (χ4v) is 4.24. The summed E-state index contributed by atoms with van der Waals surface area (Å²) in [6.07, 6.45) is 8.50. The molecule has 5 rings (SSSR count). The molecular formula is C24H25FN6O2. The van der Waals surface area contributed by atoms with Gasteiger partial charge in [-0.15, -0.1) is 0 Å². The van der Waals surface area contributed by atoms with Gasteiger partial charge in [-0.3, -0.25) is 9.78 Å². The van der Waals surface area contributed by atoms with Gasteiger partial charge in [0.2, 0.25) is 0 Å². The van der Waals surface area contributed by atoms with Crippen molar-refractivity contribution in [3.8, 4) is 11.8 Å². The Morgan fingerprint density at radius 3 is 2.79 bits per heavy atom. The summed E-state index contributed by atoms with van der Waals surface area (Å²) in [7, 11) is 1.74. The first-order valence-electron chi connectivity index (χ1n) is 11.2. The van der Waals surface area contributed by atoms with Crippen molar-refractivity contribution in [3.05, 3.63) is 42.0 Å².